The molecule has 132 valence electrons. The van der Waals surface area contributed by atoms with Crippen molar-refractivity contribution in [2.45, 2.75) is 78.6 Å². The molecule has 0 aromatic carbocycles. The van der Waals surface area contributed by atoms with E-state index in [1.54, 1.807) is 0 Å². The molecule has 0 aliphatic heterocycles. The molecule has 0 radical (unpaired) electrons. The van der Waals surface area contributed by atoms with Crippen LogP contribution in [0.25, 0.3) is 6.08 Å². The lowest BCUT2D eigenvalue weighted by Crippen LogP contribution is -2.00. The fourth-order valence-electron chi connectivity index (χ4n) is 2.83. The molecule has 1 rings (SSSR count). The molecular formula is C20H34ClNO. The van der Waals surface area contributed by atoms with Gasteiger partial charge in [-0.15, -0.1) is 12.4 Å². The zero-order chi connectivity index (χ0) is 16.2. The molecular weight excluding hydrogens is 306 g/mol. The number of aliphatic hydroxyl groups excluding tert-OH is 1. The number of halogens is 1. The molecule has 0 amide bonds. The zero-order valence-electron chi connectivity index (χ0n) is 15.1. The van der Waals surface area contributed by atoms with E-state index in [1.165, 1.54) is 49.7 Å². The predicted molar refractivity (Wildman–Crippen MR) is 103 cm³/mol. The Kier molecular flexibility index (Phi) is 13.1. The molecule has 1 heterocycles. The van der Waals surface area contributed by atoms with Crippen molar-refractivity contribution in [3.63, 3.8) is 0 Å². The quantitative estimate of drug-likeness (QED) is 0.516. The summed E-state index contributed by atoms with van der Waals surface area (Å²) in [6, 6.07) is 2.15. The Morgan fingerprint density at radius 2 is 1.74 bits per heavy atom. The number of aromatic nitrogens is 1. The summed E-state index contributed by atoms with van der Waals surface area (Å²) in [4.78, 5) is 4.66. The lowest BCUT2D eigenvalue weighted by molar-refractivity contribution is 0.288. The van der Waals surface area contributed by atoms with Crippen LogP contribution in [-0.4, -0.2) is 16.7 Å². The van der Waals surface area contributed by atoms with Crippen LogP contribution in [-0.2, 0) is 6.42 Å². The molecule has 0 aliphatic carbocycles. The molecule has 0 unspecified atom stereocenters. The van der Waals surface area contributed by atoms with Gasteiger partial charge in [0.25, 0.3) is 0 Å². The van der Waals surface area contributed by atoms with Gasteiger partial charge < -0.3 is 5.11 Å². The molecule has 0 saturated heterocycles. The Bertz CT molecular complexity index is 457. The maximum atomic E-state index is 9.05. The van der Waals surface area contributed by atoms with Gasteiger partial charge in [-0.2, -0.15) is 0 Å². The first-order valence-electron chi connectivity index (χ1n) is 8.93. The molecule has 1 N–H and O–H groups in total. The molecule has 2 nitrogen and oxygen atoms in total. The lowest BCUT2D eigenvalue weighted by Gasteiger charge is -2.09. The van der Waals surface area contributed by atoms with E-state index in [9.17, 15) is 0 Å². The van der Waals surface area contributed by atoms with Crippen LogP contribution in [0.3, 0.4) is 0 Å². The molecule has 0 bridgehead atoms. The summed E-state index contributed by atoms with van der Waals surface area (Å²) in [5.74, 6) is 0. The van der Waals surface area contributed by atoms with Gasteiger partial charge in [-0.25, -0.2) is 0 Å². The lowest BCUT2D eigenvalue weighted by atomic mass is 10.0. The van der Waals surface area contributed by atoms with E-state index < -0.39 is 0 Å². The zero-order valence-corrected chi connectivity index (χ0v) is 15.9. The molecule has 0 saturated carbocycles. The number of nitrogens with zero attached hydrogens (tertiary/aromatic N) is 1. The maximum Gasteiger partial charge on any atom is 0.0482 e. The van der Waals surface area contributed by atoms with Crippen molar-refractivity contribution < 1.29 is 5.11 Å². The van der Waals surface area contributed by atoms with E-state index in [1.807, 2.05) is 6.92 Å². The number of rotatable bonds is 11. The Morgan fingerprint density at radius 1 is 1.04 bits per heavy atom. The van der Waals surface area contributed by atoms with Crippen LogP contribution < -0.4 is 0 Å². The summed E-state index contributed by atoms with van der Waals surface area (Å²) in [5, 5.41) is 9.05. The smallest absolute Gasteiger partial charge is 0.0482 e. The van der Waals surface area contributed by atoms with Crippen LogP contribution in [0.15, 0.2) is 12.1 Å². The molecule has 0 spiro atoms. The van der Waals surface area contributed by atoms with Gasteiger partial charge in [0.1, 0.15) is 0 Å². The monoisotopic (exact) mass is 339 g/mol. The first-order chi connectivity index (χ1) is 10.7. The van der Waals surface area contributed by atoms with Crippen LogP contribution in [0.2, 0.25) is 0 Å². The number of allylic oxidation sites excluding steroid dienone is 1. The molecule has 23 heavy (non-hydrogen) atoms. The number of aliphatic hydroxyl groups is 1. The number of pyridine rings is 1. The van der Waals surface area contributed by atoms with Crippen LogP contribution in [0.4, 0.5) is 0 Å². The van der Waals surface area contributed by atoms with E-state index in [4.69, 9.17) is 5.11 Å². The van der Waals surface area contributed by atoms with Crippen LogP contribution in [0.1, 0.15) is 80.8 Å². The summed E-state index contributed by atoms with van der Waals surface area (Å²) in [7, 11) is 0. The van der Waals surface area contributed by atoms with Crippen LogP contribution >= 0.6 is 12.4 Å². The van der Waals surface area contributed by atoms with Crippen molar-refractivity contribution in [2.24, 2.45) is 0 Å². The fourth-order valence-corrected chi connectivity index (χ4v) is 2.83. The van der Waals surface area contributed by atoms with E-state index in [0.717, 1.165) is 30.7 Å². The third-order valence-electron chi connectivity index (χ3n) is 4.05. The number of unbranched alkanes of at least 4 members (excludes halogenated alkanes) is 6. The van der Waals surface area contributed by atoms with Gasteiger partial charge in [-0.1, -0.05) is 51.2 Å². The predicted octanol–water partition coefficient (Wildman–Crippen LogP) is 5.81. The summed E-state index contributed by atoms with van der Waals surface area (Å²) in [6.07, 6.45) is 15.4. The SMILES string of the molecule is CCCCCCCC/C=C\c1c(C)cc(C)nc1CCCO.Cl. The minimum Gasteiger partial charge on any atom is -0.396 e. The molecule has 1 aromatic heterocycles. The molecule has 0 atom stereocenters. The maximum absolute atomic E-state index is 9.05. The minimum absolute atomic E-state index is 0. The van der Waals surface area contributed by atoms with Crippen molar-refractivity contribution in [1.29, 1.82) is 0 Å². The average molecular weight is 340 g/mol. The third kappa shape index (κ3) is 9.12. The van der Waals surface area contributed by atoms with Gasteiger partial charge in [0.05, 0.1) is 0 Å². The van der Waals surface area contributed by atoms with Crippen molar-refractivity contribution in [1.82, 2.24) is 4.98 Å². The Labute approximate surface area is 148 Å². The van der Waals surface area contributed by atoms with Crippen molar-refractivity contribution >= 4 is 18.5 Å². The van der Waals surface area contributed by atoms with E-state index in [2.05, 4.69) is 37.0 Å². The van der Waals surface area contributed by atoms with Crippen molar-refractivity contribution in [3.05, 3.63) is 34.7 Å². The second kappa shape index (κ2) is 13.6. The highest BCUT2D eigenvalue weighted by atomic mass is 35.5. The summed E-state index contributed by atoms with van der Waals surface area (Å²) in [6.45, 7) is 6.69. The number of hydrogen-bond acceptors (Lipinski definition) is 2. The van der Waals surface area contributed by atoms with Gasteiger partial charge in [-0.05, 0) is 56.7 Å². The summed E-state index contributed by atoms with van der Waals surface area (Å²) in [5.41, 5.74) is 4.74. The Hall–Kier alpha value is -0.860. The highest BCUT2D eigenvalue weighted by Gasteiger charge is 2.06. The molecule has 1 aromatic rings. The summed E-state index contributed by atoms with van der Waals surface area (Å²) < 4.78 is 0. The Balaban J connectivity index is 0.00000484. The second-order valence-electron chi connectivity index (χ2n) is 6.23. The highest BCUT2D eigenvalue weighted by molar-refractivity contribution is 5.85. The third-order valence-corrected chi connectivity index (χ3v) is 4.05. The highest BCUT2D eigenvalue weighted by Crippen LogP contribution is 2.18. The summed E-state index contributed by atoms with van der Waals surface area (Å²) >= 11 is 0. The minimum atomic E-state index is 0. The number of aryl methyl sites for hydroxylation is 3. The topological polar surface area (TPSA) is 33.1 Å². The normalized spacial score (nSPS) is 11.0. The standard InChI is InChI=1S/C20H33NO.ClH/c1-4-5-6-7-8-9-10-11-13-19-17(2)16-18(3)21-20(19)14-12-15-22;/h11,13,16,22H,4-10,12,14-15H2,1-3H3;1H/b13-11-;. The van der Waals surface area contributed by atoms with E-state index >= 15 is 0 Å². The average Bonchev–Trinajstić information content (AvgIpc) is 2.49. The van der Waals surface area contributed by atoms with Gasteiger partial charge in [0.15, 0.2) is 0 Å². The van der Waals surface area contributed by atoms with Gasteiger partial charge in [-0.3, -0.25) is 4.98 Å². The molecule has 0 aliphatic rings. The van der Waals surface area contributed by atoms with Crippen molar-refractivity contribution in [3.8, 4) is 0 Å². The van der Waals surface area contributed by atoms with Crippen molar-refractivity contribution in [2.75, 3.05) is 6.61 Å². The van der Waals surface area contributed by atoms with Gasteiger partial charge >= 0.3 is 0 Å². The van der Waals surface area contributed by atoms with Gasteiger partial charge in [0, 0.05) is 18.0 Å². The Morgan fingerprint density at radius 3 is 2.43 bits per heavy atom. The first kappa shape index (κ1) is 22.1. The molecule has 0 fully saturated rings. The fraction of sp³-hybridized carbons (Fsp3) is 0.650. The largest absolute Gasteiger partial charge is 0.396 e. The van der Waals surface area contributed by atoms with E-state index in [0.29, 0.717) is 0 Å². The first-order valence-corrected chi connectivity index (χ1v) is 8.93. The van der Waals surface area contributed by atoms with E-state index in [-0.39, 0.29) is 19.0 Å². The van der Waals surface area contributed by atoms with Crippen LogP contribution in [0, 0.1) is 13.8 Å². The van der Waals surface area contributed by atoms with Gasteiger partial charge in [0.2, 0.25) is 0 Å². The number of hydrogen-bond donors (Lipinski definition) is 1. The second-order valence-corrected chi connectivity index (χ2v) is 6.23. The molecule has 3 heteroatoms. The van der Waals surface area contributed by atoms with Crippen LogP contribution in [0.5, 0.6) is 0 Å².